The number of urea groups is 1. The quantitative estimate of drug-likeness (QED) is 0.787. The maximum atomic E-state index is 12.0. The lowest BCUT2D eigenvalue weighted by molar-refractivity contribution is 0.0493. The summed E-state index contributed by atoms with van der Waals surface area (Å²) in [6, 6.07) is 0.0667. The number of carbonyl (C=O) groups excluding carboxylic acids is 1. The molecule has 17 heavy (non-hydrogen) atoms. The fraction of sp³-hybridized carbons (Fsp3) is 0.917. The molecule has 0 bridgehead atoms. The van der Waals surface area contributed by atoms with Gasteiger partial charge >= 0.3 is 6.03 Å². The molecule has 0 aliphatic carbocycles. The largest absolute Gasteiger partial charge is 0.380 e. The highest BCUT2D eigenvalue weighted by molar-refractivity contribution is 5.74. The number of nitrogens with one attached hydrogen (secondary N) is 1. The SMILES string of the molecule is CCOCC(NC(=O)N1CCOCC1)C(C)C. The van der Waals surface area contributed by atoms with Crippen LogP contribution in [0, 0.1) is 5.92 Å². The predicted octanol–water partition coefficient (Wildman–Crippen LogP) is 1.09. The Morgan fingerprint density at radius 3 is 2.59 bits per heavy atom. The van der Waals surface area contributed by atoms with Crippen molar-refractivity contribution < 1.29 is 14.3 Å². The molecule has 0 aromatic rings. The number of nitrogens with zero attached hydrogens (tertiary/aromatic N) is 1. The Labute approximate surface area is 103 Å². The average molecular weight is 244 g/mol. The zero-order valence-corrected chi connectivity index (χ0v) is 11.1. The minimum Gasteiger partial charge on any atom is -0.380 e. The molecular formula is C12H24N2O3. The van der Waals surface area contributed by atoms with E-state index in [1.54, 1.807) is 4.90 Å². The van der Waals surface area contributed by atoms with E-state index < -0.39 is 0 Å². The van der Waals surface area contributed by atoms with Crippen LogP contribution in [-0.4, -0.2) is 56.5 Å². The Kier molecular flexibility index (Phi) is 6.29. The first-order valence-electron chi connectivity index (χ1n) is 6.36. The molecule has 5 nitrogen and oxygen atoms in total. The van der Waals surface area contributed by atoms with Gasteiger partial charge in [-0.05, 0) is 12.8 Å². The van der Waals surface area contributed by atoms with Crippen molar-refractivity contribution in [3.05, 3.63) is 0 Å². The van der Waals surface area contributed by atoms with Crippen LogP contribution in [0.2, 0.25) is 0 Å². The van der Waals surface area contributed by atoms with Gasteiger partial charge in [0.05, 0.1) is 25.9 Å². The second-order valence-electron chi connectivity index (χ2n) is 4.56. The minimum atomic E-state index is -0.00768. The molecular weight excluding hydrogens is 220 g/mol. The van der Waals surface area contributed by atoms with Crippen molar-refractivity contribution in [3.8, 4) is 0 Å². The number of morpholine rings is 1. The summed E-state index contributed by atoms with van der Waals surface area (Å²) < 4.78 is 10.6. The Morgan fingerprint density at radius 2 is 2.06 bits per heavy atom. The van der Waals surface area contributed by atoms with Gasteiger partial charge in [0.1, 0.15) is 0 Å². The van der Waals surface area contributed by atoms with Gasteiger partial charge in [0.15, 0.2) is 0 Å². The van der Waals surface area contributed by atoms with Gasteiger partial charge < -0.3 is 19.7 Å². The van der Waals surface area contributed by atoms with Gasteiger partial charge in [0.25, 0.3) is 0 Å². The maximum Gasteiger partial charge on any atom is 0.317 e. The molecule has 1 atom stereocenters. The lowest BCUT2D eigenvalue weighted by Gasteiger charge is -2.30. The third-order valence-corrected chi connectivity index (χ3v) is 2.91. The van der Waals surface area contributed by atoms with Crippen LogP contribution in [0.15, 0.2) is 0 Å². The van der Waals surface area contributed by atoms with Crippen LogP contribution < -0.4 is 5.32 Å². The van der Waals surface area contributed by atoms with E-state index in [1.807, 2.05) is 6.92 Å². The normalized spacial score (nSPS) is 18.2. The summed E-state index contributed by atoms with van der Waals surface area (Å²) in [6.45, 7) is 9.99. The molecule has 1 saturated heterocycles. The van der Waals surface area contributed by atoms with Gasteiger partial charge in [-0.15, -0.1) is 0 Å². The fourth-order valence-electron chi connectivity index (χ4n) is 1.66. The van der Waals surface area contributed by atoms with E-state index in [4.69, 9.17) is 9.47 Å². The molecule has 1 unspecified atom stereocenters. The summed E-state index contributed by atoms with van der Waals surface area (Å²) in [6.07, 6.45) is 0. The third kappa shape index (κ3) is 4.91. The third-order valence-electron chi connectivity index (χ3n) is 2.91. The predicted molar refractivity (Wildman–Crippen MR) is 66.0 cm³/mol. The summed E-state index contributed by atoms with van der Waals surface area (Å²) in [5, 5.41) is 3.03. The number of amides is 2. The summed E-state index contributed by atoms with van der Waals surface area (Å²) in [4.78, 5) is 13.8. The average Bonchev–Trinajstić information content (AvgIpc) is 2.35. The highest BCUT2D eigenvalue weighted by Gasteiger charge is 2.21. The molecule has 5 heteroatoms. The first-order valence-corrected chi connectivity index (χ1v) is 6.36. The molecule has 0 saturated carbocycles. The molecule has 1 N–H and O–H groups in total. The molecule has 1 rings (SSSR count). The molecule has 100 valence electrons. The molecule has 0 radical (unpaired) electrons. The molecule has 0 aromatic carbocycles. The fourth-order valence-corrected chi connectivity index (χ4v) is 1.66. The zero-order chi connectivity index (χ0) is 12.7. The van der Waals surface area contributed by atoms with Crippen LogP contribution in [0.25, 0.3) is 0 Å². The van der Waals surface area contributed by atoms with Crippen molar-refractivity contribution in [1.29, 1.82) is 0 Å². The molecule has 2 amide bonds. The standard InChI is InChI=1S/C12H24N2O3/c1-4-16-9-11(10(2)3)13-12(15)14-5-7-17-8-6-14/h10-11H,4-9H2,1-3H3,(H,13,15). The van der Waals surface area contributed by atoms with E-state index in [1.165, 1.54) is 0 Å². The van der Waals surface area contributed by atoms with Gasteiger partial charge in [-0.25, -0.2) is 4.79 Å². The van der Waals surface area contributed by atoms with E-state index in [2.05, 4.69) is 19.2 Å². The summed E-state index contributed by atoms with van der Waals surface area (Å²) in [7, 11) is 0. The van der Waals surface area contributed by atoms with E-state index in [9.17, 15) is 4.79 Å². The van der Waals surface area contributed by atoms with E-state index in [-0.39, 0.29) is 12.1 Å². The maximum absolute atomic E-state index is 12.0. The van der Waals surface area contributed by atoms with Crippen molar-refractivity contribution in [2.24, 2.45) is 5.92 Å². The van der Waals surface area contributed by atoms with Gasteiger partial charge in [-0.1, -0.05) is 13.8 Å². The van der Waals surface area contributed by atoms with Crippen LogP contribution in [0.1, 0.15) is 20.8 Å². The van der Waals surface area contributed by atoms with Gasteiger partial charge in [-0.3, -0.25) is 0 Å². The van der Waals surface area contributed by atoms with E-state index in [0.717, 1.165) is 0 Å². The first-order chi connectivity index (χ1) is 8.15. The number of ether oxygens (including phenoxy) is 2. The summed E-state index contributed by atoms with van der Waals surface area (Å²) >= 11 is 0. The Bertz CT molecular complexity index is 228. The van der Waals surface area contributed by atoms with Crippen LogP contribution in [-0.2, 0) is 9.47 Å². The monoisotopic (exact) mass is 244 g/mol. The van der Waals surface area contributed by atoms with Crippen LogP contribution in [0.5, 0.6) is 0 Å². The Hall–Kier alpha value is -0.810. The smallest absolute Gasteiger partial charge is 0.317 e. The molecule has 0 aromatic heterocycles. The molecule has 0 spiro atoms. The van der Waals surface area contributed by atoms with Crippen molar-refractivity contribution in [1.82, 2.24) is 10.2 Å². The topological polar surface area (TPSA) is 50.8 Å². The second-order valence-corrected chi connectivity index (χ2v) is 4.56. The summed E-state index contributed by atoms with van der Waals surface area (Å²) in [5.74, 6) is 0.367. The second kappa shape index (κ2) is 7.50. The number of carbonyl (C=O) groups is 1. The Balaban J connectivity index is 2.39. The minimum absolute atomic E-state index is 0.00768. The molecule has 1 aliphatic heterocycles. The lowest BCUT2D eigenvalue weighted by atomic mass is 10.1. The van der Waals surface area contributed by atoms with Crippen LogP contribution in [0.4, 0.5) is 4.79 Å². The van der Waals surface area contributed by atoms with Gasteiger partial charge in [0.2, 0.25) is 0 Å². The molecule has 1 aliphatic rings. The first kappa shape index (κ1) is 14.3. The highest BCUT2D eigenvalue weighted by atomic mass is 16.5. The number of hydrogen-bond acceptors (Lipinski definition) is 3. The van der Waals surface area contributed by atoms with Crippen LogP contribution in [0.3, 0.4) is 0 Å². The van der Waals surface area contributed by atoms with E-state index in [0.29, 0.717) is 45.4 Å². The Morgan fingerprint density at radius 1 is 1.41 bits per heavy atom. The lowest BCUT2D eigenvalue weighted by Crippen LogP contribution is -2.51. The van der Waals surface area contributed by atoms with Gasteiger partial charge in [-0.2, -0.15) is 0 Å². The van der Waals surface area contributed by atoms with Crippen molar-refractivity contribution in [2.75, 3.05) is 39.5 Å². The molecule has 1 fully saturated rings. The summed E-state index contributed by atoms with van der Waals surface area (Å²) in [5.41, 5.74) is 0. The van der Waals surface area contributed by atoms with Crippen molar-refractivity contribution >= 4 is 6.03 Å². The van der Waals surface area contributed by atoms with E-state index >= 15 is 0 Å². The zero-order valence-electron chi connectivity index (χ0n) is 11.1. The van der Waals surface area contributed by atoms with Crippen molar-refractivity contribution in [2.45, 2.75) is 26.8 Å². The van der Waals surface area contributed by atoms with Gasteiger partial charge in [0, 0.05) is 19.7 Å². The highest BCUT2D eigenvalue weighted by Crippen LogP contribution is 2.05. The van der Waals surface area contributed by atoms with Crippen molar-refractivity contribution in [3.63, 3.8) is 0 Å². The number of rotatable bonds is 5. The molecule has 1 heterocycles. The van der Waals surface area contributed by atoms with Crippen LogP contribution >= 0.6 is 0 Å². The number of hydrogen-bond donors (Lipinski definition) is 1.